The van der Waals surface area contributed by atoms with Crippen molar-refractivity contribution in [3.05, 3.63) is 11.6 Å². The first-order chi connectivity index (χ1) is 12.8. The standard InChI is InChI=1S/C22H31NO4/c1-19-7-8-21(26-9-10-27-21)12-14(19)3-4-15-16(19)5-6-20(2)17(15)11-18(24)22(20,25)13-23/h3,15-18,24-25H,4-12H2,1-2H3/t15-,16-,17+,18-,19+,20+,22-/m1/s1. The molecule has 1 saturated heterocycles. The molecule has 0 radical (unpaired) electrons. The number of allylic oxidation sites excluding steroid dienone is 1. The zero-order chi connectivity index (χ0) is 19.1. The van der Waals surface area contributed by atoms with Gasteiger partial charge in [0.1, 0.15) is 6.07 Å². The minimum absolute atomic E-state index is 0.142. The van der Waals surface area contributed by atoms with Crippen LogP contribution in [0.3, 0.4) is 0 Å². The smallest absolute Gasteiger partial charge is 0.182 e. The topological polar surface area (TPSA) is 82.7 Å². The van der Waals surface area contributed by atoms with Crippen LogP contribution < -0.4 is 0 Å². The summed E-state index contributed by atoms with van der Waals surface area (Å²) in [6.45, 7) is 5.83. The van der Waals surface area contributed by atoms with Crippen LogP contribution in [0.4, 0.5) is 0 Å². The van der Waals surface area contributed by atoms with Crippen LogP contribution in [0.1, 0.15) is 58.8 Å². The Morgan fingerprint density at radius 1 is 1.15 bits per heavy atom. The zero-order valence-corrected chi connectivity index (χ0v) is 16.4. The van der Waals surface area contributed by atoms with Crippen LogP contribution in [0.5, 0.6) is 0 Å². The molecule has 5 heteroatoms. The Bertz CT molecular complexity index is 722. The van der Waals surface area contributed by atoms with Crippen molar-refractivity contribution in [2.24, 2.45) is 28.6 Å². The van der Waals surface area contributed by atoms with Gasteiger partial charge >= 0.3 is 0 Å². The first kappa shape index (κ1) is 18.1. The average Bonchev–Trinajstić information content (AvgIpc) is 3.19. The van der Waals surface area contributed by atoms with E-state index in [1.165, 1.54) is 5.57 Å². The van der Waals surface area contributed by atoms with E-state index >= 15 is 0 Å². The maximum atomic E-state index is 11.0. The molecule has 5 aliphatic rings. The third-order valence-electron chi connectivity index (χ3n) is 9.31. The van der Waals surface area contributed by atoms with Gasteiger partial charge in [-0.2, -0.15) is 5.26 Å². The quantitative estimate of drug-likeness (QED) is 0.504. The maximum Gasteiger partial charge on any atom is 0.182 e. The van der Waals surface area contributed by atoms with Gasteiger partial charge in [0, 0.05) is 18.3 Å². The minimum Gasteiger partial charge on any atom is -0.389 e. The lowest BCUT2D eigenvalue weighted by Crippen LogP contribution is -2.56. The number of fused-ring (bicyclic) bond motifs is 5. The molecule has 0 aromatic heterocycles. The summed E-state index contributed by atoms with van der Waals surface area (Å²) in [6.07, 6.45) is 7.67. The number of rotatable bonds is 0. The lowest BCUT2D eigenvalue weighted by molar-refractivity contribution is -0.187. The molecule has 0 amide bonds. The highest BCUT2D eigenvalue weighted by Crippen LogP contribution is 2.67. The van der Waals surface area contributed by atoms with Gasteiger partial charge in [0.2, 0.25) is 0 Å². The Kier molecular flexibility index (Phi) is 3.74. The number of hydrogen-bond acceptors (Lipinski definition) is 5. The van der Waals surface area contributed by atoms with E-state index in [-0.39, 0.29) is 11.3 Å². The highest BCUT2D eigenvalue weighted by atomic mass is 16.7. The van der Waals surface area contributed by atoms with Gasteiger partial charge in [-0.25, -0.2) is 0 Å². The normalized spacial score (nSPS) is 53.2. The largest absolute Gasteiger partial charge is 0.389 e. The van der Waals surface area contributed by atoms with E-state index in [0.717, 1.165) is 38.5 Å². The molecule has 1 spiro atoms. The lowest BCUT2D eigenvalue weighted by atomic mass is 9.47. The number of aliphatic hydroxyl groups excluding tert-OH is 1. The number of hydrogen-bond donors (Lipinski definition) is 2. The van der Waals surface area contributed by atoms with E-state index in [1.54, 1.807) is 0 Å². The van der Waals surface area contributed by atoms with Gasteiger partial charge < -0.3 is 19.7 Å². The van der Waals surface area contributed by atoms with E-state index in [1.807, 2.05) is 6.92 Å². The number of nitrogens with zero attached hydrogens (tertiary/aromatic N) is 1. The van der Waals surface area contributed by atoms with E-state index < -0.39 is 22.9 Å². The van der Waals surface area contributed by atoms with Crippen molar-refractivity contribution in [2.45, 2.75) is 76.3 Å². The van der Waals surface area contributed by atoms with Crippen molar-refractivity contribution in [1.82, 2.24) is 0 Å². The van der Waals surface area contributed by atoms with Crippen molar-refractivity contribution in [3.63, 3.8) is 0 Å². The molecule has 5 rings (SSSR count). The number of ether oxygens (including phenoxy) is 2. The van der Waals surface area contributed by atoms with Gasteiger partial charge in [0.15, 0.2) is 11.4 Å². The lowest BCUT2D eigenvalue weighted by Gasteiger charge is -2.59. The van der Waals surface area contributed by atoms with Crippen LogP contribution in [0.25, 0.3) is 0 Å². The average molecular weight is 373 g/mol. The molecular formula is C22H31NO4. The van der Waals surface area contributed by atoms with Crippen molar-refractivity contribution in [2.75, 3.05) is 13.2 Å². The molecule has 0 aromatic carbocycles. The molecule has 1 heterocycles. The second-order valence-electron chi connectivity index (χ2n) is 10.1. The monoisotopic (exact) mass is 373 g/mol. The third-order valence-corrected chi connectivity index (χ3v) is 9.31. The first-order valence-electron chi connectivity index (χ1n) is 10.6. The van der Waals surface area contributed by atoms with Gasteiger partial charge in [-0.05, 0) is 55.3 Å². The zero-order valence-electron chi connectivity index (χ0n) is 16.4. The summed E-state index contributed by atoms with van der Waals surface area (Å²) in [7, 11) is 0. The van der Waals surface area contributed by atoms with Crippen LogP contribution >= 0.6 is 0 Å². The Morgan fingerprint density at radius 3 is 2.59 bits per heavy atom. The predicted molar refractivity (Wildman–Crippen MR) is 98.3 cm³/mol. The van der Waals surface area contributed by atoms with Crippen molar-refractivity contribution in [3.8, 4) is 6.07 Å². The van der Waals surface area contributed by atoms with Crippen LogP contribution in [0.2, 0.25) is 0 Å². The Hall–Kier alpha value is -0.930. The van der Waals surface area contributed by atoms with E-state index in [9.17, 15) is 15.5 Å². The fourth-order valence-corrected chi connectivity index (χ4v) is 7.57. The highest BCUT2D eigenvalue weighted by Gasteiger charge is 2.68. The second kappa shape index (κ2) is 5.57. The molecule has 1 aliphatic heterocycles. The fraction of sp³-hybridized carbons (Fsp3) is 0.864. The van der Waals surface area contributed by atoms with Crippen molar-refractivity contribution >= 4 is 0 Å². The molecule has 148 valence electrons. The SMILES string of the molecule is C[C@]12CCC3(CC1=CC[C@@H]1[C@H]2CC[C@@]2(C)[C@H]1C[C@@H](O)[C@]2(O)C#N)OCCO3. The summed E-state index contributed by atoms with van der Waals surface area (Å²) in [5.74, 6) is 0.767. The second-order valence-corrected chi connectivity index (χ2v) is 10.1. The van der Waals surface area contributed by atoms with Crippen LogP contribution in [-0.2, 0) is 9.47 Å². The molecule has 0 unspecified atom stereocenters. The number of aliphatic hydroxyl groups is 2. The van der Waals surface area contributed by atoms with Crippen LogP contribution in [-0.4, -0.2) is 40.9 Å². The number of nitriles is 1. The van der Waals surface area contributed by atoms with Gasteiger partial charge in [0.25, 0.3) is 0 Å². The van der Waals surface area contributed by atoms with Crippen molar-refractivity contribution < 1.29 is 19.7 Å². The summed E-state index contributed by atoms with van der Waals surface area (Å²) in [6, 6.07) is 2.08. The maximum absolute atomic E-state index is 11.0. The van der Waals surface area contributed by atoms with Gasteiger partial charge in [-0.1, -0.05) is 25.5 Å². The molecule has 2 N–H and O–H groups in total. The predicted octanol–water partition coefficient (Wildman–Crippen LogP) is 2.92. The van der Waals surface area contributed by atoms with E-state index in [4.69, 9.17) is 9.47 Å². The van der Waals surface area contributed by atoms with Crippen LogP contribution in [0, 0.1) is 39.9 Å². The molecule has 5 nitrogen and oxygen atoms in total. The van der Waals surface area contributed by atoms with Gasteiger partial charge in [-0.3, -0.25) is 0 Å². The highest BCUT2D eigenvalue weighted by molar-refractivity contribution is 5.30. The summed E-state index contributed by atoms with van der Waals surface area (Å²) < 4.78 is 12.0. The molecule has 4 fully saturated rings. The van der Waals surface area contributed by atoms with Gasteiger partial charge in [-0.15, -0.1) is 0 Å². The molecule has 0 aromatic rings. The Morgan fingerprint density at radius 2 is 1.89 bits per heavy atom. The summed E-state index contributed by atoms with van der Waals surface area (Å²) in [4.78, 5) is 0. The molecule has 4 aliphatic carbocycles. The minimum atomic E-state index is -1.62. The van der Waals surface area contributed by atoms with Crippen LogP contribution in [0.15, 0.2) is 11.6 Å². The van der Waals surface area contributed by atoms with E-state index in [2.05, 4.69) is 19.1 Å². The molecular weight excluding hydrogens is 342 g/mol. The summed E-state index contributed by atoms with van der Waals surface area (Å²) >= 11 is 0. The summed E-state index contributed by atoms with van der Waals surface area (Å²) in [5, 5.41) is 31.2. The van der Waals surface area contributed by atoms with E-state index in [0.29, 0.717) is 31.5 Å². The molecule has 27 heavy (non-hydrogen) atoms. The third kappa shape index (κ3) is 2.13. The Balaban J connectivity index is 1.48. The van der Waals surface area contributed by atoms with Gasteiger partial charge in [0.05, 0.1) is 19.3 Å². The Labute approximate surface area is 161 Å². The summed E-state index contributed by atoms with van der Waals surface area (Å²) in [5.41, 5.74) is -0.509. The molecule has 7 atom stereocenters. The molecule has 3 saturated carbocycles. The fourth-order valence-electron chi connectivity index (χ4n) is 7.57. The van der Waals surface area contributed by atoms with Crippen molar-refractivity contribution in [1.29, 1.82) is 5.26 Å². The first-order valence-corrected chi connectivity index (χ1v) is 10.6. The molecule has 0 bridgehead atoms.